The molecule has 2 amide bonds. The molecule has 1 aromatic heterocycles. The van der Waals surface area contributed by atoms with E-state index in [-0.39, 0.29) is 11.9 Å². The van der Waals surface area contributed by atoms with E-state index in [9.17, 15) is 9.59 Å². The first-order chi connectivity index (χ1) is 12.2. The molecule has 6 heteroatoms. The minimum atomic E-state index is -0.524. The molecular weight excluding hydrogens is 348 g/mol. The molecule has 0 aliphatic carbocycles. The number of benzene rings is 1. The molecule has 0 aliphatic heterocycles. The maximum Gasteiger partial charge on any atom is 0.407 e. The number of ether oxygens (including phenoxy) is 1. The third-order valence-electron chi connectivity index (χ3n) is 3.89. The maximum absolute atomic E-state index is 12.7. The Kier molecular flexibility index (Phi) is 6.42. The lowest BCUT2D eigenvalue weighted by atomic mass is 10.1. The molecule has 2 rings (SSSR count). The molecule has 0 aliphatic rings. The van der Waals surface area contributed by atoms with Crippen molar-refractivity contribution in [1.29, 1.82) is 0 Å². The number of carbonyl (C=O) groups is 2. The van der Waals surface area contributed by atoms with Crippen LogP contribution in [0.4, 0.5) is 4.79 Å². The highest BCUT2D eigenvalue weighted by molar-refractivity contribution is 7.10. The summed E-state index contributed by atoms with van der Waals surface area (Å²) in [6, 6.07) is 11.3. The number of rotatable bonds is 5. The molecule has 2 aromatic rings. The normalized spacial score (nSPS) is 12.3. The van der Waals surface area contributed by atoms with E-state index in [1.54, 1.807) is 28.4 Å². The van der Waals surface area contributed by atoms with Crippen molar-refractivity contribution in [2.24, 2.45) is 0 Å². The molecule has 0 fully saturated rings. The fraction of sp³-hybridized carbons (Fsp3) is 0.400. The van der Waals surface area contributed by atoms with Gasteiger partial charge in [0.25, 0.3) is 5.91 Å². The second-order valence-corrected chi connectivity index (χ2v) is 8.14. The number of thiophene rings is 1. The summed E-state index contributed by atoms with van der Waals surface area (Å²) >= 11 is 1.64. The van der Waals surface area contributed by atoms with Crippen LogP contribution in [0.5, 0.6) is 0 Å². The quantitative estimate of drug-likeness (QED) is 0.832. The fourth-order valence-corrected chi connectivity index (χ4v) is 3.18. The zero-order valence-electron chi connectivity index (χ0n) is 15.9. The molecule has 1 aromatic carbocycles. The molecule has 0 saturated carbocycles. The second kappa shape index (κ2) is 8.36. The molecule has 0 spiro atoms. The summed E-state index contributed by atoms with van der Waals surface area (Å²) in [6.45, 7) is 7.83. The Bertz CT molecular complexity index is 733. The van der Waals surface area contributed by atoms with Gasteiger partial charge in [-0.3, -0.25) is 4.79 Å². The first kappa shape index (κ1) is 20.0. The Morgan fingerprint density at radius 3 is 2.38 bits per heavy atom. The predicted octanol–water partition coefficient (Wildman–Crippen LogP) is 4.61. The van der Waals surface area contributed by atoms with Gasteiger partial charge in [-0.1, -0.05) is 18.2 Å². The number of hydrogen-bond acceptors (Lipinski definition) is 4. The number of nitrogens with zero attached hydrogens (tertiary/aromatic N) is 1. The highest BCUT2D eigenvalue weighted by atomic mass is 32.1. The van der Waals surface area contributed by atoms with Crippen molar-refractivity contribution >= 4 is 23.3 Å². The SMILES string of the molecule is C[C@H](c1cccs1)N(C)C(=O)c1ccc(CNC(=O)OC(C)(C)C)cc1. The topological polar surface area (TPSA) is 58.6 Å². The van der Waals surface area contributed by atoms with Gasteiger partial charge in [-0.25, -0.2) is 4.79 Å². The molecule has 0 unspecified atom stereocenters. The highest BCUT2D eigenvalue weighted by Crippen LogP contribution is 2.24. The average molecular weight is 375 g/mol. The van der Waals surface area contributed by atoms with Crippen molar-refractivity contribution in [3.8, 4) is 0 Å². The Morgan fingerprint density at radius 1 is 1.19 bits per heavy atom. The molecule has 1 atom stereocenters. The van der Waals surface area contributed by atoms with E-state index < -0.39 is 11.7 Å². The molecule has 1 heterocycles. The van der Waals surface area contributed by atoms with E-state index in [2.05, 4.69) is 5.32 Å². The number of nitrogens with one attached hydrogen (secondary N) is 1. The number of amides is 2. The van der Waals surface area contributed by atoms with Crippen molar-refractivity contribution in [2.75, 3.05) is 7.05 Å². The van der Waals surface area contributed by atoms with Crippen LogP contribution in [-0.2, 0) is 11.3 Å². The van der Waals surface area contributed by atoms with Gasteiger partial charge >= 0.3 is 6.09 Å². The van der Waals surface area contributed by atoms with E-state index >= 15 is 0 Å². The number of alkyl carbamates (subject to hydrolysis) is 1. The third kappa shape index (κ3) is 5.59. The van der Waals surface area contributed by atoms with Crippen LogP contribution in [0, 0.1) is 0 Å². The Hall–Kier alpha value is -2.34. The second-order valence-electron chi connectivity index (χ2n) is 7.16. The van der Waals surface area contributed by atoms with E-state index in [1.165, 1.54) is 0 Å². The van der Waals surface area contributed by atoms with E-state index in [1.807, 2.05) is 64.4 Å². The minimum absolute atomic E-state index is 0.0241. The molecular formula is C20H26N2O3S. The van der Waals surface area contributed by atoms with Gasteiger partial charge in [0.1, 0.15) is 5.60 Å². The van der Waals surface area contributed by atoms with E-state index in [0.29, 0.717) is 12.1 Å². The Balaban J connectivity index is 1.94. The van der Waals surface area contributed by atoms with E-state index in [4.69, 9.17) is 4.74 Å². The molecule has 0 radical (unpaired) electrons. The van der Waals surface area contributed by atoms with Gasteiger partial charge in [-0.15, -0.1) is 11.3 Å². The number of carbonyl (C=O) groups excluding carboxylic acids is 2. The summed E-state index contributed by atoms with van der Waals surface area (Å²) in [5.41, 5.74) is 1.00. The molecule has 0 bridgehead atoms. The Morgan fingerprint density at radius 2 is 1.85 bits per heavy atom. The minimum Gasteiger partial charge on any atom is -0.444 e. The van der Waals surface area contributed by atoms with Crippen LogP contribution in [0.25, 0.3) is 0 Å². The van der Waals surface area contributed by atoms with Crippen molar-refractivity contribution < 1.29 is 14.3 Å². The summed E-state index contributed by atoms with van der Waals surface area (Å²) in [5, 5.41) is 4.72. The summed E-state index contributed by atoms with van der Waals surface area (Å²) in [6.07, 6.45) is -0.456. The van der Waals surface area contributed by atoms with Crippen LogP contribution in [0.3, 0.4) is 0 Å². The lowest BCUT2D eigenvalue weighted by Crippen LogP contribution is -2.32. The van der Waals surface area contributed by atoms with Crippen molar-refractivity contribution in [3.63, 3.8) is 0 Å². The Labute approximate surface area is 159 Å². The van der Waals surface area contributed by atoms with Gasteiger partial charge in [0.05, 0.1) is 6.04 Å². The highest BCUT2D eigenvalue weighted by Gasteiger charge is 2.20. The molecule has 1 N–H and O–H groups in total. The van der Waals surface area contributed by atoms with Gasteiger partial charge in [0, 0.05) is 24.0 Å². The van der Waals surface area contributed by atoms with Crippen molar-refractivity contribution in [2.45, 2.75) is 45.9 Å². The zero-order valence-corrected chi connectivity index (χ0v) is 16.7. The molecule has 0 saturated heterocycles. The largest absolute Gasteiger partial charge is 0.444 e. The van der Waals surface area contributed by atoms with Gasteiger partial charge in [-0.05, 0) is 56.8 Å². The predicted molar refractivity (Wildman–Crippen MR) is 104 cm³/mol. The van der Waals surface area contributed by atoms with E-state index in [0.717, 1.165) is 10.4 Å². The van der Waals surface area contributed by atoms with Crippen LogP contribution < -0.4 is 5.32 Å². The van der Waals surface area contributed by atoms with Crippen LogP contribution >= 0.6 is 11.3 Å². The fourth-order valence-electron chi connectivity index (χ4n) is 2.35. The number of hydrogen-bond donors (Lipinski definition) is 1. The summed E-state index contributed by atoms with van der Waals surface area (Å²) in [5.74, 6) is -0.0300. The van der Waals surface area contributed by atoms with Crippen LogP contribution in [0.15, 0.2) is 41.8 Å². The van der Waals surface area contributed by atoms with Gasteiger partial charge < -0.3 is 15.0 Å². The monoisotopic (exact) mass is 374 g/mol. The lowest BCUT2D eigenvalue weighted by molar-refractivity contribution is 0.0523. The smallest absolute Gasteiger partial charge is 0.407 e. The van der Waals surface area contributed by atoms with Gasteiger partial charge in [0.15, 0.2) is 0 Å². The summed E-state index contributed by atoms with van der Waals surface area (Å²) in [7, 11) is 1.81. The summed E-state index contributed by atoms with van der Waals surface area (Å²) in [4.78, 5) is 27.2. The van der Waals surface area contributed by atoms with Crippen molar-refractivity contribution in [1.82, 2.24) is 10.2 Å². The first-order valence-corrected chi connectivity index (χ1v) is 9.41. The van der Waals surface area contributed by atoms with Crippen LogP contribution in [0.2, 0.25) is 0 Å². The molecule has 26 heavy (non-hydrogen) atoms. The average Bonchev–Trinajstić information content (AvgIpc) is 3.11. The first-order valence-electron chi connectivity index (χ1n) is 8.54. The lowest BCUT2D eigenvalue weighted by Gasteiger charge is -2.24. The zero-order chi connectivity index (χ0) is 19.3. The molecule has 5 nitrogen and oxygen atoms in total. The van der Waals surface area contributed by atoms with Crippen LogP contribution in [0.1, 0.15) is 54.5 Å². The maximum atomic E-state index is 12.7. The summed E-state index contributed by atoms with van der Waals surface area (Å²) < 4.78 is 5.20. The van der Waals surface area contributed by atoms with Gasteiger partial charge in [-0.2, -0.15) is 0 Å². The third-order valence-corrected chi connectivity index (χ3v) is 4.94. The molecule has 140 valence electrons. The standard InChI is InChI=1S/C20H26N2O3S/c1-14(17-7-6-12-26-17)22(5)18(23)16-10-8-15(9-11-16)13-21-19(24)25-20(2,3)4/h6-12,14H,13H2,1-5H3,(H,21,24)/t14-/m1/s1. The van der Waals surface area contributed by atoms with Crippen molar-refractivity contribution in [3.05, 3.63) is 57.8 Å². The van der Waals surface area contributed by atoms with Gasteiger partial charge in [0.2, 0.25) is 0 Å². The van der Waals surface area contributed by atoms with Crippen LogP contribution in [-0.4, -0.2) is 29.5 Å².